The van der Waals surface area contributed by atoms with Crippen LogP contribution >= 0.6 is 0 Å². The second-order valence-corrected chi connectivity index (χ2v) is 11.7. The molecule has 2 aromatic carbocycles. The molecule has 0 bridgehead atoms. The fourth-order valence-electron chi connectivity index (χ4n) is 3.91. The van der Waals surface area contributed by atoms with Gasteiger partial charge in [-0.3, -0.25) is 0 Å². The number of sulfonamides is 1. The maximum atomic E-state index is 12.8. The molecule has 0 unspecified atom stereocenters. The highest BCUT2D eigenvalue weighted by molar-refractivity contribution is 7.89. The number of aryl methyl sites for hydroxylation is 1. The van der Waals surface area contributed by atoms with Gasteiger partial charge in [0.1, 0.15) is 5.82 Å². The molecule has 0 radical (unpaired) electrons. The summed E-state index contributed by atoms with van der Waals surface area (Å²) in [5.74, 6) is 0.986. The van der Waals surface area contributed by atoms with Gasteiger partial charge in [0.15, 0.2) is 0 Å². The van der Waals surface area contributed by atoms with Crippen LogP contribution in [0.3, 0.4) is 0 Å². The van der Waals surface area contributed by atoms with Gasteiger partial charge in [-0.05, 0) is 70.3 Å². The van der Waals surface area contributed by atoms with E-state index in [1.54, 1.807) is 32.2 Å². The lowest BCUT2D eigenvalue weighted by Crippen LogP contribution is -2.46. The van der Waals surface area contributed by atoms with Crippen LogP contribution in [0.2, 0.25) is 0 Å². The van der Waals surface area contributed by atoms with E-state index in [-0.39, 0.29) is 11.5 Å². The highest BCUT2D eigenvalue weighted by Gasteiger charge is 2.25. The Hall–Kier alpha value is -3.25. The predicted octanol–water partition coefficient (Wildman–Crippen LogP) is 3.07. The minimum atomic E-state index is -3.82. The van der Waals surface area contributed by atoms with Crippen molar-refractivity contribution in [3.8, 4) is 0 Å². The van der Waals surface area contributed by atoms with Gasteiger partial charge in [-0.25, -0.2) is 18.1 Å². The molecule has 0 saturated carbocycles. The van der Waals surface area contributed by atoms with E-state index in [2.05, 4.69) is 54.3 Å². The summed E-state index contributed by atoms with van der Waals surface area (Å²) < 4.78 is 28.1. The third-order valence-corrected chi connectivity index (χ3v) is 7.87. The fourth-order valence-corrected chi connectivity index (χ4v) is 5.36. The summed E-state index contributed by atoms with van der Waals surface area (Å²) in [6, 6.07) is 14.7. The number of likely N-dealkylation sites (N-methyl/N-ethyl adjacent to an activating group) is 1. The molecule has 1 aliphatic heterocycles. The van der Waals surface area contributed by atoms with Crippen molar-refractivity contribution in [1.82, 2.24) is 19.6 Å². The maximum Gasteiger partial charge on any atom is 0.241 e. The van der Waals surface area contributed by atoms with Gasteiger partial charge in [-0.15, -0.1) is 0 Å². The molecule has 0 amide bonds. The lowest BCUT2D eigenvalue weighted by Gasteiger charge is -2.34. The Morgan fingerprint density at radius 2 is 1.70 bits per heavy atom. The van der Waals surface area contributed by atoms with Crippen molar-refractivity contribution >= 4 is 38.9 Å². The Morgan fingerprint density at radius 1 is 1.00 bits per heavy atom. The van der Waals surface area contributed by atoms with Crippen LogP contribution in [0.5, 0.6) is 0 Å². The molecule has 1 saturated heterocycles. The number of benzene rings is 2. The minimum Gasteiger partial charge on any atom is -0.394 e. The Kier molecular flexibility index (Phi) is 7.98. The van der Waals surface area contributed by atoms with Crippen molar-refractivity contribution in [2.75, 3.05) is 55.4 Å². The number of hydrogen-bond acceptors (Lipinski definition) is 9. The van der Waals surface area contributed by atoms with Crippen molar-refractivity contribution in [1.29, 1.82) is 0 Å². The molecule has 1 aromatic heterocycles. The summed E-state index contributed by atoms with van der Waals surface area (Å²) in [7, 11) is -1.68. The van der Waals surface area contributed by atoms with Crippen molar-refractivity contribution in [2.24, 2.45) is 0 Å². The summed E-state index contributed by atoms with van der Waals surface area (Å²) in [6.45, 7) is 8.92. The molecule has 3 aromatic rings. The van der Waals surface area contributed by atoms with E-state index < -0.39 is 15.6 Å². The van der Waals surface area contributed by atoms with Crippen LogP contribution < -0.4 is 20.3 Å². The first-order chi connectivity index (χ1) is 17.5. The van der Waals surface area contributed by atoms with Crippen LogP contribution in [0.15, 0.2) is 59.6 Å². The molecule has 4 N–H and O–H groups in total. The average Bonchev–Trinajstić information content (AvgIpc) is 2.87. The number of aliphatic hydroxyl groups is 1. The molecular formula is C26H35N7O3S. The summed E-state index contributed by atoms with van der Waals surface area (Å²) in [5, 5.41) is 15.9. The summed E-state index contributed by atoms with van der Waals surface area (Å²) >= 11 is 0. The SMILES string of the molecule is Cc1cnc(Nc2ccc(N3CCN(C)CC3)cc2)nc1Nc1cccc(S(=O)(=O)NC(C)(C)CO)c1. The molecule has 1 fully saturated rings. The second-order valence-electron chi connectivity index (χ2n) is 9.99. The molecular weight excluding hydrogens is 490 g/mol. The Labute approximate surface area is 218 Å². The molecule has 10 nitrogen and oxygen atoms in total. The number of piperazine rings is 1. The summed E-state index contributed by atoms with van der Waals surface area (Å²) in [6.07, 6.45) is 1.71. The van der Waals surface area contributed by atoms with Crippen LogP contribution in [-0.2, 0) is 10.0 Å². The fraction of sp³-hybridized carbons (Fsp3) is 0.385. The highest BCUT2D eigenvalue weighted by Crippen LogP contribution is 2.25. The maximum absolute atomic E-state index is 12.8. The predicted molar refractivity (Wildman–Crippen MR) is 147 cm³/mol. The zero-order chi connectivity index (χ0) is 26.6. The minimum absolute atomic E-state index is 0.0875. The highest BCUT2D eigenvalue weighted by atomic mass is 32.2. The zero-order valence-corrected chi connectivity index (χ0v) is 22.5. The van der Waals surface area contributed by atoms with Crippen LogP contribution in [-0.4, -0.2) is 73.8 Å². The number of anilines is 5. The Bertz CT molecular complexity index is 1320. The quantitative estimate of drug-likeness (QED) is 0.334. The standard InChI is InChI=1S/C26H35N7O3S/c1-19-17-27-25(29-20-8-10-22(11-9-20)33-14-12-32(4)13-15-33)30-24(19)28-21-6-5-7-23(16-21)37(35,36)31-26(2,3)18-34/h5-11,16-17,31,34H,12-15,18H2,1-4H3,(H2,27,28,29,30). The van der Waals surface area contributed by atoms with Gasteiger partial charge in [0.25, 0.3) is 0 Å². The first kappa shape index (κ1) is 26.8. The van der Waals surface area contributed by atoms with Crippen molar-refractivity contribution in [2.45, 2.75) is 31.2 Å². The molecule has 37 heavy (non-hydrogen) atoms. The van der Waals surface area contributed by atoms with E-state index in [0.717, 1.165) is 37.4 Å². The lowest BCUT2D eigenvalue weighted by atomic mass is 10.1. The van der Waals surface area contributed by atoms with Gasteiger partial charge in [0, 0.05) is 55.0 Å². The molecule has 4 rings (SSSR count). The van der Waals surface area contributed by atoms with Crippen LogP contribution in [0.25, 0.3) is 0 Å². The lowest BCUT2D eigenvalue weighted by molar-refractivity contribution is 0.208. The van der Waals surface area contributed by atoms with Gasteiger partial charge in [0.05, 0.1) is 17.0 Å². The monoisotopic (exact) mass is 525 g/mol. The van der Waals surface area contributed by atoms with Gasteiger partial charge in [-0.1, -0.05) is 6.07 Å². The number of rotatable bonds is 9. The summed E-state index contributed by atoms with van der Waals surface area (Å²) in [5.41, 5.74) is 2.46. The molecule has 1 aliphatic rings. The number of aromatic nitrogens is 2. The summed E-state index contributed by atoms with van der Waals surface area (Å²) in [4.78, 5) is 13.8. The Morgan fingerprint density at radius 3 is 2.38 bits per heavy atom. The van der Waals surface area contributed by atoms with E-state index in [4.69, 9.17) is 0 Å². The van der Waals surface area contributed by atoms with Gasteiger partial charge in [0.2, 0.25) is 16.0 Å². The third kappa shape index (κ3) is 6.95. The normalized spacial score (nSPS) is 15.0. The van der Waals surface area contributed by atoms with Crippen LogP contribution in [0, 0.1) is 6.92 Å². The third-order valence-electron chi connectivity index (χ3n) is 6.18. The van der Waals surface area contributed by atoms with E-state index in [1.807, 2.05) is 19.1 Å². The largest absolute Gasteiger partial charge is 0.394 e. The van der Waals surface area contributed by atoms with Crippen LogP contribution in [0.1, 0.15) is 19.4 Å². The molecule has 11 heteroatoms. The van der Waals surface area contributed by atoms with E-state index in [1.165, 1.54) is 17.8 Å². The topological polar surface area (TPSA) is 123 Å². The van der Waals surface area contributed by atoms with E-state index in [9.17, 15) is 13.5 Å². The van der Waals surface area contributed by atoms with Crippen molar-refractivity contribution in [3.63, 3.8) is 0 Å². The molecule has 0 aliphatic carbocycles. The second kappa shape index (κ2) is 11.0. The van der Waals surface area contributed by atoms with Crippen LogP contribution in [0.4, 0.5) is 28.8 Å². The zero-order valence-electron chi connectivity index (χ0n) is 21.7. The average molecular weight is 526 g/mol. The van der Waals surface area contributed by atoms with Gasteiger partial charge >= 0.3 is 0 Å². The van der Waals surface area contributed by atoms with Crippen molar-refractivity contribution in [3.05, 3.63) is 60.3 Å². The molecule has 198 valence electrons. The smallest absolute Gasteiger partial charge is 0.241 e. The van der Waals surface area contributed by atoms with E-state index in [0.29, 0.717) is 17.5 Å². The Balaban J connectivity index is 1.46. The number of hydrogen-bond donors (Lipinski definition) is 4. The number of nitrogens with zero attached hydrogens (tertiary/aromatic N) is 4. The molecule has 2 heterocycles. The first-order valence-corrected chi connectivity index (χ1v) is 13.7. The number of aliphatic hydroxyl groups excluding tert-OH is 1. The number of nitrogens with one attached hydrogen (secondary N) is 3. The molecule has 0 atom stereocenters. The van der Waals surface area contributed by atoms with E-state index >= 15 is 0 Å². The van der Waals surface area contributed by atoms with Gasteiger partial charge < -0.3 is 25.5 Å². The van der Waals surface area contributed by atoms with Crippen molar-refractivity contribution < 1.29 is 13.5 Å². The first-order valence-electron chi connectivity index (χ1n) is 12.2. The molecule has 0 spiro atoms. The van der Waals surface area contributed by atoms with Gasteiger partial charge in [-0.2, -0.15) is 4.98 Å².